The number of aryl methyl sites for hydroxylation is 1. The van der Waals surface area contributed by atoms with Gasteiger partial charge in [-0.1, -0.05) is 24.3 Å². The third-order valence-electron chi connectivity index (χ3n) is 4.03. The van der Waals surface area contributed by atoms with Crippen LogP contribution in [0.4, 0.5) is 0 Å². The van der Waals surface area contributed by atoms with E-state index in [-0.39, 0.29) is 5.91 Å². The number of imidazole rings is 1. The monoisotopic (exact) mass is 350 g/mol. The Bertz CT molecular complexity index is 954. The van der Waals surface area contributed by atoms with Crippen LogP contribution < -0.4 is 5.32 Å². The average molecular weight is 350 g/mol. The third-order valence-corrected chi connectivity index (χ3v) is 5.12. The van der Waals surface area contributed by atoms with Gasteiger partial charge in [-0.05, 0) is 24.3 Å². The van der Waals surface area contributed by atoms with E-state index in [4.69, 9.17) is 0 Å². The lowest BCUT2D eigenvalue weighted by Crippen LogP contribution is -2.26. The molecule has 0 bridgehead atoms. The van der Waals surface area contributed by atoms with Crippen LogP contribution in [0.2, 0.25) is 0 Å². The number of aromatic nitrogens is 3. The lowest BCUT2D eigenvalue weighted by Gasteiger charge is -2.02. The number of hydrogen-bond acceptors (Lipinski definition) is 4. The van der Waals surface area contributed by atoms with Crippen LogP contribution in [-0.2, 0) is 17.6 Å². The number of H-pyrrole nitrogens is 1. The molecule has 0 spiro atoms. The lowest BCUT2D eigenvalue weighted by molar-refractivity contribution is -0.121. The number of rotatable bonds is 6. The maximum absolute atomic E-state index is 12.0. The highest BCUT2D eigenvalue weighted by molar-refractivity contribution is 7.18. The summed E-state index contributed by atoms with van der Waals surface area (Å²) in [5, 5.41) is 3.97. The number of carbonyl (C=O) groups is 1. The molecule has 6 heteroatoms. The fourth-order valence-corrected chi connectivity index (χ4v) is 3.75. The summed E-state index contributed by atoms with van der Waals surface area (Å²) in [5.74, 6) is 0.947. The lowest BCUT2D eigenvalue weighted by atomic mass is 10.3. The summed E-state index contributed by atoms with van der Waals surface area (Å²) in [6.07, 6.45) is 1.83. The van der Waals surface area contributed by atoms with E-state index >= 15 is 0 Å². The predicted octanol–water partition coefficient (Wildman–Crippen LogP) is 3.46. The zero-order chi connectivity index (χ0) is 17.1. The van der Waals surface area contributed by atoms with Gasteiger partial charge in [0.25, 0.3) is 0 Å². The number of aromatic amines is 1. The van der Waals surface area contributed by atoms with Crippen molar-refractivity contribution in [3.8, 4) is 0 Å². The summed E-state index contributed by atoms with van der Waals surface area (Å²) in [6, 6.07) is 16.0. The molecule has 0 aliphatic carbocycles. The number of nitrogens with zero attached hydrogens (tertiary/aromatic N) is 2. The topological polar surface area (TPSA) is 70.7 Å². The van der Waals surface area contributed by atoms with Crippen molar-refractivity contribution in [2.24, 2.45) is 0 Å². The Balaban J connectivity index is 1.26. The van der Waals surface area contributed by atoms with Crippen molar-refractivity contribution in [1.29, 1.82) is 0 Å². The fraction of sp³-hybridized carbons (Fsp3) is 0.211. The summed E-state index contributed by atoms with van der Waals surface area (Å²) in [4.78, 5) is 24.4. The zero-order valence-electron chi connectivity index (χ0n) is 13.7. The fourth-order valence-electron chi connectivity index (χ4n) is 2.78. The van der Waals surface area contributed by atoms with Gasteiger partial charge in [0, 0.05) is 25.8 Å². The standard InChI is InChI=1S/C19H18N4OS/c24-18(9-10-19-23-15-7-3-4-8-16(15)25-19)20-12-11-17-21-13-5-1-2-6-14(13)22-17/h1-8H,9-12H2,(H,20,24)(H,21,22). The van der Waals surface area contributed by atoms with Gasteiger partial charge in [0.15, 0.2) is 0 Å². The Morgan fingerprint density at radius 3 is 2.64 bits per heavy atom. The van der Waals surface area contributed by atoms with E-state index in [2.05, 4.69) is 26.3 Å². The molecule has 0 radical (unpaired) electrons. The predicted molar refractivity (Wildman–Crippen MR) is 101 cm³/mol. The largest absolute Gasteiger partial charge is 0.356 e. The van der Waals surface area contributed by atoms with Crippen LogP contribution in [0.15, 0.2) is 48.5 Å². The molecule has 0 saturated carbocycles. The Hall–Kier alpha value is -2.73. The number of benzene rings is 2. The quantitative estimate of drug-likeness (QED) is 0.559. The highest BCUT2D eigenvalue weighted by Gasteiger charge is 2.07. The van der Waals surface area contributed by atoms with E-state index in [1.165, 1.54) is 4.70 Å². The van der Waals surface area contributed by atoms with Crippen LogP contribution in [0.1, 0.15) is 17.3 Å². The van der Waals surface area contributed by atoms with E-state index in [0.29, 0.717) is 25.8 Å². The number of amides is 1. The summed E-state index contributed by atoms with van der Waals surface area (Å²) in [5.41, 5.74) is 2.99. The second-order valence-electron chi connectivity index (χ2n) is 5.88. The van der Waals surface area contributed by atoms with Crippen molar-refractivity contribution in [2.45, 2.75) is 19.3 Å². The third kappa shape index (κ3) is 3.69. The molecule has 25 heavy (non-hydrogen) atoms. The first-order chi connectivity index (χ1) is 12.3. The summed E-state index contributed by atoms with van der Waals surface area (Å²) in [6.45, 7) is 0.582. The van der Waals surface area contributed by atoms with Crippen molar-refractivity contribution in [2.75, 3.05) is 6.54 Å². The molecule has 4 rings (SSSR count). The highest BCUT2D eigenvalue weighted by atomic mass is 32.1. The van der Waals surface area contributed by atoms with Gasteiger partial charge < -0.3 is 10.3 Å². The number of para-hydroxylation sites is 3. The first kappa shape index (κ1) is 15.8. The SMILES string of the molecule is O=C(CCc1nc2ccccc2s1)NCCc1nc2ccccc2[nH]1. The van der Waals surface area contributed by atoms with Crippen molar-refractivity contribution in [1.82, 2.24) is 20.3 Å². The molecule has 126 valence electrons. The van der Waals surface area contributed by atoms with Crippen molar-refractivity contribution in [3.63, 3.8) is 0 Å². The van der Waals surface area contributed by atoms with Crippen molar-refractivity contribution in [3.05, 3.63) is 59.4 Å². The maximum atomic E-state index is 12.0. The van der Waals surface area contributed by atoms with Crippen LogP contribution in [0, 0.1) is 0 Å². The van der Waals surface area contributed by atoms with Gasteiger partial charge in [-0.15, -0.1) is 11.3 Å². The Morgan fingerprint density at radius 2 is 1.80 bits per heavy atom. The summed E-state index contributed by atoms with van der Waals surface area (Å²) in [7, 11) is 0. The molecule has 5 nitrogen and oxygen atoms in total. The van der Waals surface area contributed by atoms with Gasteiger partial charge in [0.1, 0.15) is 5.82 Å². The van der Waals surface area contributed by atoms with Crippen molar-refractivity contribution >= 4 is 38.5 Å². The van der Waals surface area contributed by atoms with Gasteiger partial charge in [-0.3, -0.25) is 4.79 Å². The molecule has 0 saturated heterocycles. The number of thiazole rings is 1. The van der Waals surface area contributed by atoms with Crippen LogP contribution in [0.5, 0.6) is 0 Å². The van der Waals surface area contributed by atoms with Crippen LogP contribution in [0.25, 0.3) is 21.3 Å². The molecule has 4 aromatic rings. The molecule has 0 atom stereocenters. The molecular formula is C19H18N4OS. The number of hydrogen-bond donors (Lipinski definition) is 2. The van der Waals surface area contributed by atoms with E-state index in [9.17, 15) is 4.79 Å². The molecular weight excluding hydrogens is 332 g/mol. The molecule has 0 aliphatic heterocycles. The molecule has 0 aliphatic rings. The molecule has 0 fully saturated rings. The zero-order valence-corrected chi connectivity index (χ0v) is 14.5. The number of nitrogens with one attached hydrogen (secondary N) is 2. The highest BCUT2D eigenvalue weighted by Crippen LogP contribution is 2.22. The van der Waals surface area contributed by atoms with E-state index < -0.39 is 0 Å². The second kappa shape index (κ2) is 7.03. The first-order valence-corrected chi connectivity index (χ1v) is 9.14. The van der Waals surface area contributed by atoms with Gasteiger partial charge in [0.05, 0.1) is 26.3 Å². The van der Waals surface area contributed by atoms with E-state index in [1.54, 1.807) is 11.3 Å². The first-order valence-electron chi connectivity index (χ1n) is 8.33. The smallest absolute Gasteiger partial charge is 0.220 e. The average Bonchev–Trinajstić information content (AvgIpc) is 3.23. The minimum Gasteiger partial charge on any atom is -0.356 e. The van der Waals surface area contributed by atoms with E-state index in [0.717, 1.165) is 27.4 Å². The van der Waals surface area contributed by atoms with E-state index in [1.807, 2.05) is 42.5 Å². The van der Waals surface area contributed by atoms with Crippen LogP contribution >= 0.6 is 11.3 Å². The van der Waals surface area contributed by atoms with Crippen LogP contribution in [-0.4, -0.2) is 27.4 Å². The second-order valence-corrected chi connectivity index (χ2v) is 6.99. The molecule has 2 aromatic heterocycles. The summed E-state index contributed by atoms with van der Waals surface area (Å²) < 4.78 is 1.17. The minimum atomic E-state index is 0.0513. The summed E-state index contributed by atoms with van der Waals surface area (Å²) >= 11 is 1.66. The molecule has 2 aromatic carbocycles. The Morgan fingerprint density at radius 1 is 1.00 bits per heavy atom. The molecule has 0 unspecified atom stereocenters. The normalized spacial score (nSPS) is 11.2. The molecule has 1 amide bonds. The molecule has 2 N–H and O–H groups in total. The Kier molecular flexibility index (Phi) is 4.43. The Labute approximate surface area is 149 Å². The van der Waals surface area contributed by atoms with Crippen molar-refractivity contribution < 1.29 is 4.79 Å². The van der Waals surface area contributed by atoms with Gasteiger partial charge >= 0.3 is 0 Å². The van der Waals surface area contributed by atoms with Gasteiger partial charge in [0.2, 0.25) is 5.91 Å². The van der Waals surface area contributed by atoms with Gasteiger partial charge in [-0.2, -0.15) is 0 Å². The maximum Gasteiger partial charge on any atom is 0.220 e. The minimum absolute atomic E-state index is 0.0513. The van der Waals surface area contributed by atoms with Gasteiger partial charge in [-0.25, -0.2) is 9.97 Å². The number of fused-ring (bicyclic) bond motifs is 2. The number of carbonyl (C=O) groups excluding carboxylic acids is 1. The van der Waals surface area contributed by atoms with Crippen LogP contribution in [0.3, 0.4) is 0 Å². The molecule has 2 heterocycles.